The van der Waals surface area contributed by atoms with Crippen molar-refractivity contribution in [3.05, 3.63) is 0 Å². The minimum atomic E-state index is -0.487. The zero-order chi connectivity index (χ0) is 14.5. The fraction of sp³-hybridized carbons (Fsp3) is 1.00. The van der Waals surface area contributed by atoms with E-state index in [1.54, 1.807) is 0 Å². The van der Waals surface area contributed by atoms with Crippen LogP contribution in [0.3, 0.4) is 0 Å². The first-order valence-electron chi connectivity index (χ1n) is 7.44. The van der Waals surface area contributed by atoms with Gasteiger partial charge in [-0.2, -0.15) is 0 Å². The number of ether oxygens (including phenoxy) is 1. The van der Waals surface area contributed by atoms with Gasteiger partial charge in [0.1, 0.15) is 0 Å². The van der Waals surface area contributed by atoms with E-state index in [2.05, 4.69) is 32.6 Å². The number of hydrogen-bond donors (Lipinski definition) is 2. The van der Waals surface area contributed by atoms with Crippen LogP contribution in [0.2, 0.25) is 0 Å². The highest BCUT2D eigenvalue weighted by Gasteiger charge is 2.52. The van der Waals surface area contributed by atoms with E-state index < -0.39 is 5.60 Å². The Hall–Kier alpha value is -0.160. The van der Waals surface area contributed by atoms with Crippen LogP contribution in [0.15, 0.2) is 0 Å². The average molecular weight is 270 g/mol. The monoisotopic (exact) mass is 270 g/mol. The van der Waals surface area contributed by atoms with E-state index >= 15 is 0 Å². The van der Waals surface area contributed by atoms with E-state index in [1.165, 1.54) is 0 Å². The van der Waals surface area contributed by atoms with Gasteiger partial charge in [0.15, 0.2) is 0 Å². The van der Waals surface area contributed by atoms with Crippen molar-refractivity contribution in [3.8, 4) is 0 Å². The summed E-state index contributed by atoms with van der Waals surface area (Å²) in [5.41, 5.74) is 5.48. The van der Waals surface area contributed by atoms with Gasteiger partial charge in [-0.05, 0) is 47.5 Å². The lowest BCUT2D eigenvalue weighted by Crippen LogP contribution is -2.51. The van der Waals surface area contributed by atoms with Crippen molar-refractivity contribution < 1.29 is 9.84 Å². The van der Waals surface area contributed by atoms with Crippen LogP contribution in [0.4, 0.5) is 0 Å². The first-order chi connectivity index (χ1) is 8.54. The molecule has 4 nitrogen and oxygen atoms in total. The summed E-state index contributed by atoms with van der Waals surface area (Å²) in [5.74, 6) is 0.338. The molecule has 0 aromatic carbocycles. The smallest absolute Gasteiger partial charge is 0.0788 e. The first kappa shape index (κ1) is 15.2. The van der Waals surface area contributed by atoms with Crippen LogP contribution in [0.25, 0.3) is 0 Å². The summed E-state index contributed by atoms with van der Waals surface area (Å²) in [7, 11) is 0. The zero-order valence-corrected chi connectivity index (χ0v) is 13.1. The highest BCUT2D eigenvalue weighted by atomic mass is 16.5. The van der Waals surface area contributed by atoms with Crippen LogP contribution in [0.5, 0.6) is 0 Å². The normalized spacial score (nSPS) is 37.4. The predicted octanol–water partition coefficient (Wildman–Crippen LogP) is 1.36. The van der Waals surface area contributed by atoms with Gasteiger partial charge in [-0.15, -0.1) is 0 Å². The molecule has 0 saturated carbocycles. The lowest BCUT2D eigenvalue weighted by molar-refractivity contribution is -0.0804. The van der Waals surface area contributed by atoms with Gasteiger partial charge in [0, 0.05) is 31.6 Å². The van der Waals surface area contributed by atoms with Gasteiger partial charge < -0.3 is 20.5 Å². The lowest BCUT2D eigenvalue weighted by Gasteiger charge is -2.39. The summed E-state index contributed by atoms with van der Waals surface area (Å²) in [6.45, 7) is 13.3. The van der Waals surface area contributed by atoms with Crippen LogP contribution in [0.1, 0.15) is 47.5 Å². The van der Waals surface area contributed by atoms with Crippen molar-refractivity contribution in [3.63, 3.8) is 0 Å². The molecule has 0 aromatic heterocycles. The number of aliphatic hydroxyl groups is 1. The number of nitrogens with zero attached hydrogens (tertiary/aromatic N) is 1. The van der Waals surface area contributed by atoms with E-state index in [0.717, 1.165) is 32.5 Å². The Morgan fingerprint density at radius 2 is 1.63 bits per heavy atom. The molecule has 3 N–H and O–H groups in total. The molecular weight excluding hydrogens is 240 g/mol. The number of hydrogen-bond acceptors (Lipinski definition) is 4. The van der Waals surface area contributed by atoms with Gasteiger partial charge in [-0.3, -0.25) is 0 Å². The first-order valence-corrected chi connectivity index (χ1v) is 7.44. The lowest BCUT2D eigenvalue weighted by atomic mass is 9.82. The molecule has 0 radical (unpaired) electrons. The number of rotatable bonds is 2. The fourth-order valence-corrected chi connectivity index (χ4v) is 3.57. The third-order valence-corrected chi connectivity index (χ3v) is 5.04. The number of likely N-dealkylation sites (tertiary alicyclic amines) is 1. The maximum Gasteiger partial charge on any atom is 0.0788 e. The molecule has 4 heteroatoms. The Balaban J connectivity index is 1.99. The molecule has 2 saturated heterocycles. The SMILES string of the molecule is CC1(O)CCN(CC2C(N)C(C)(C)OC2(C)C)CC1. The van der Waals surface area contributed by atoms with Crippen LogP contribution in [-0.2, 0) is 4.74 Å². The number of nitrogens with two attached hydrogens (primary N) is 1. The molecule has 0 aliphatic carbocycles. The summed E-state index contributed by atoms with van der Waals surface area (Å²) >= 11 is 0. The van der Waals surface area contributed by atoms with Crippen molar-refractivity contribution >= 4 is 0 Å². The summed E-state index contributed by atoms with van der Waals surface area (Å²) in [4.78, 5) is 2.43. The Morgan fingerprint density at radius 1 is 1.11 bits per heavy atom. The van der Waals surface area contributed by atoms with Crippen LogP contribution in [-0.4, -0.2) is 52.5 Å². The van der Waals surface area contributed by atoms with E-state index in [-0.39, 0.29) is 17.2 Å². The van der Waals surface area contributed by atoms with E-state index in [9.17, 15) is 5.11 Å². The molecule has 2 fully saturated rings. The molecule has 2 atom stereocenters. The molecule has 2 heterocycles. The van der Waals surface area contributed by atoms with Crippen molar-refractivity contribution in [2.24, 2.45) is 11.7 Å². The van der Waals surface area contributed by atoms with Crippen LogP contribution in [0, 0.1) is 5.92 Å². The van der Waals surface area contributed by atoms with E-state index in [4.69, 9.17) is 10.5 Å². The highest BCUT2D eigenvalue weighted by Crippen LogP contribution is 2.41. The average Bonchev–Trinajstić information content (AvgIpc) is 2.39. The standard InChI is InChI=1S/C15H30N2O2/c1-13(2)11(12(16)14(3,4)19-13)10-17-8-6-15(5,18)7-9-17/h11-12,18H,6-10,16H2,1-5H3. The van der Waals surface area contributed by atoms with Gasteiger partial charge in [-0.1, -0.05) is 0 Å². The second kappa shape index (κ2) is 4.69. The van der Waals surface area contributed by atoms with Crippen LogP contribution >= 0.6 is 0 Å². The summed E-state index contributed by atoms with van der Waals surface area (Å²) < 4.78 is 6.14. The Bertz CT molecular complexity index is 329. The second-order valence-corrected chi connectivity index (χ2v) is 7.74. The minimum Gasteiger partial charge on any atom is -0.390 e. The molecule has 19 heavy (non-hydrogen) atoms. The largest absolute Gasteiger partial charge is 0.390 e. The summed E-state index contributed by atoms with van der Waals surface area (Å²) in [6.07, 6.45) is 1.69. The number of piperidine rings is 1. The van der Waals surface area contributed by atoms with Crippen molar-refractivity contribution in [2.45, 2.75) is 70.3 Å². The quantitative estimate of drug-likeness (QED) is 0.795. The van der Waals surface area contributed by atoms with Gasteiger partial charge in [0.2, 0.25) is 0 Å². The third kappa shape index (κ3) is 3.13. The zero-order valence-electron chi connectivity index (χ0n) is 13.1. The summed E-state index contributed by atoms with van der Waals surface area (Å²) in [5, 5.41) is 10.0. The van der Waals surface area contributed by atoms with Gasteiger partial charge in [-0.25, -0.2) is 0 Å². The molecule has 112 valence electrons. The second-order valence-electron chi connectivity index (χ2n) is 7.74. The molecule has 0 bridgehead atoms. The van der Waals surface area contributed by atoms with Crippen molar-refractivity contribution in [1.82, 2.24) is 4.90 Å². The van der Waals surface area contributed by atoms with Crippen LogP contribution < -0.4 is 5.73 Å². The fourth-order valence-electron chi connectivity index (χ4n) is 3.57. The third-order valence-electron chi connectivity index (χ3n) is 5.04. The van der Waals surface area contributed by atoms with Gasteiger partial charge >= 0.3 is 0 Å². The molecule has 2 aliphatic rings. The highest BCUT2D eigenvalue weighted by molar-refractivity contribution is 5.05. The Kier molecular flexibility index (Phi) is 3.76. The molecular formula is C15H30N2O2. The Morgan fingerprint density at radius 3 is 2.05 bits per heavy atom. The topological polar surface area (TPSA) is 58.7 Å². The van der Waals surface area contributed by atoms with Gasteiger partial charge in [0.25, 0.3) is 0 Å². The maximum absolute atomic E-state index is 10.0. The minimum absolute atomic E-state index is 0.0601. The predicted molar refractivity (Wildman–Crippen MR) is 77.0 cm³/mol. The van der Waals surface area contributed by atoms with Crippen molar-refractivity contribution in [2.75, 3.05) is 19.6 Å². The van der Waals surface area contributed by atoms with Crippen molar-refractivity contribution in [1.29, 1.82) is 0 Å². The van der Waals surface area contributed by atoms with E-state index in [1.807, 2.05) is 6.92 Å². The Labute approximate surface area is 117 Å². The molecule has 0 amide bonds. The van der Waals surface area contributed by atoms with E-state index in [0.29, 0.717) is 5.92 Å². The molecule has 0 spiro atoms. The molecule has 2 aliphatic heterocycles. The summed E-state index contributed by atoms with van der Waals surface area (Å²) in [6, 6.07) is 0.0601. The molecule has 0 aromatic rings. The molecule has 2 unspecified atom stereocenters. The molecule has 2 rings (SSSR count). The van der Waals surface area contributed by atoms with Gasteiger partial charge in [0.05, 0.1) is 16.8 Å². The maximum atomic E-state index is 10.0.